The number of aliphatic hydroxyl groups is 1. The van der Waals surface area contributed by atoms with Crippen molar-refractivity contribution in [3.05, 3.63) is 64.9 Å². The molecular formula is C16H11ClFNO. The highest BCUT2D eigenvalue weighted by molar-refractivity contribution is 6.35. The van der Waals surface area contributed by atoms with Gasteiger partial charge in [-0.1, -0.05) is 35.9 Å². The van der Waals surface area contributed by atoms with Gasteiger partial charge in [-0.25, -0.2) is 9.37 Å². The van der Waals surface area contributed by atoms with Crippen molar-refractivity contribution in [2.75, 3.05) is 0 Å². The number of fused-ring (bicyclic) bond motifs is 1. The summed E-state index contributed by atoms with van der Waals surface area (Å²) >= 11 is 6.13. The van der Waals surface area contributed by atoms with Gasteiger partial charge in [0.25, 0.3) is 0 Å². The van der Waals surface area contributed by atoms with Crippen molar-refractivity contribution in [3.63, 3.8) is 0 Å². The summed E-state index contributed by atoms with van der Waals surface area (Å²) in [5.41, 5.74) is 1.96. The average molecular weight is 288 g/mol. The van der Waals surface area contributed by atoms with Crippen LogP contribution in [0.15, 0.2) is 48.5 Å². The zero-order valence-electron chi connectivity index (χ0n) is 10.5. The van der Waals surface area contributed by atoms with E-state index in [9.17, 15) is 9.50 Å². The van der Waals surface area contributed by atoms with Crippen LogP contribution in [0.2, 0.25) is 5.02 Å². The second-order valence-electron chi connectivity index (χ2n) is 4.45. The second-order valence-corrected chi connectivity index (χ2v) is 4.85. The summed E-state index contributed by atoms with van der Waals surface area (Å²) < 4.78 is 13.9. The Morgan fingerprint density at radius 3 is 2.65 bits per heavy atom. The number of aliphatic hydroxyl groups excluding tert-OH is 1. The van der Waals surface area contributed by atoms with E-state index in [0.717, 1.165) is 5.39 Å². The van der Waals surface area contributed by atoms with Crippen molar-refractivity contribution < 1.29 is 9.50 Å². The van der Waals surface area contributed by atoms with Crippen molar-refractivity contribution in [1.82, 2.24) is 4.98 Å². The first-order valence-electron chi connectivity index (χ1n) is 6.14. The zero-order chi connectivity index (χ0) is 14.1. The number of hydrogen-bond donors (Lipinski definition) is 1. The van der Waals surface area contributed by atoms with Crippen LogP contribution < -0.4 is 0 Å². The van der Waals surface area contributed by atoms with E-state index in [2.05, 4.69) is 4.98 Å². The minimum Gasteiger partial charge on any atom is -0.392 e. The third-order valence-corrected chi connectivity index (χ3v) is 3.48. The van der Waals surface area contributed by atoms with E-state index >= 15 is 0 Å². The maximum absolute atomic E-state index is 13.9. The van der Waals surface area contributed by atoms with Crippen LogP contribution in [-0.2, 0) is 6.61 Å². The van der Waals surface area contributed by atoms with Crippen LogP contribution >= 0.6 is 11.6 Å². The Labute approximate surface area is 120 Å². The van der Waals surface area contributed by atoms with E-state index in [4.69, 9.17) is 11.6 Å². The molecule has 0 saturated heterocycles. The van der Waals surface area contributed by atoms with Gasteiger partial charge in [-0.2, -0.15) is 0 Å². The molecule has 0 aliphatic heterocycles. The monoisotopic (exact) mass is 287 g/mol. The van der Waals surface area contributed by atoms with E-state index in [1.165, 1.54) is 6.07 Å². The number of hydrogen-bond acceptors (Lipinski definition) is 2. The number of halogens is 2. The van der Waals surface area contributed by atoms with E-state index in [1.54, 1.807) is 30.3 Å². The molecule has 0 fully saturated rings. The van der Waals surface area contributed by atoms with Gasteiger partial charge in [-0.05, 0) is 24.3 Å². The largest absolute Gasteiger partial charge is 0.392 e. The van der Waals surface area contributed by atoms with Gasteiger partial charge in [0.2, 0.25) is 0 Å². The fourth-order valence-electron chi connectivity index (χ4n) is 2.21. The molecule has 1 aromatic heterocycles. The fraction of sp³-hybridized carbons (Fsp3) is 0.0625. The highest BCUT2D eigenvalue weighted by Gasteiger charge is 2.13. The lowest BCUT2D eigenvalue weighted by Crippen LogP contribution is -1.96. The summed E-state index contributed by atoms with van der Waals surface area (Å²) in [4.78, 5) is 4.44. The van der Waals surface area contributed by atoms with Crippen molar-refractivity contribution in [1.29, 1.82) is 0 Å². The van der Waals surface area contributed by atoms with Crippen LogP contribution in [0.4, 0.5) is 4.39 Å². The van der Waals surface area contributed by atoms with Crippen LogP contribution in [0.1, 0.15) is 5.56 Å². The minimum absolute atomic E-state index is 0.209. The molecule has 0 unspecified atom stereocenters. The first-order chi connectivity index (χ1) is 9.70. The molecule has 1 N–H and O–H groups in total. The predicted molar refractivity (Wildman–Crippen MR) is 78.1 cm³/mol. The quantitative estimate of drug-likeness (QED) is 0.767. The molecule has 0 bridgehead atoms. The third-order valence-electron chi connectivity index (χ3n) is 3.17. The summed E-state index contributed by atoms with van der Waals surface area (Å²) in [7, 11) is 0. The van der Waals surface area contributed by atoms with Gasteiger partial charge in [-0.15, -0.1) is 0 Å². The molecule has 0 atom stereocenters. The first-order valence-corrected chi connectivity index (χ1v) is 6.52. The average Bonchev–Trinajstić information content (AvgIpc) is 2.47. The van der Waals surface area contributed by atoms with E-state index in [1.807, 2.05) is 12.1 Å². The Hall–Kier alpha value is -1.97. The Morgan fingerprint density at radius 1 is 1.10 bits per heavy atom. The summed E-state index contributed by atoms with van der Waals surface area (Å²) in [6.45, 7) is -0.209. The highest BCUT2D eigenvalue weighted by atomic mass is 35.5. The molecule has 1 heterocycles. The molecule has 100 valence electrons. The van der Waals surface area contributed by atoms with Crippen LogP contribution in [0.5, 0.6) is 0 Å². The van der Waals surface area contributed by atoms with Gasteiger partial charge in [0.1, 0.15) is 5.82 Å². The normalized spacial score (nSPS) is 10.9. The summed E-state index contributed by atoms with van der Waals surface area (Å²) in [5, 5.41) is 10.8. The standard InChI is InChI=1S/C16H11ClFNO/c17-13-6-3-4-10-8-11(9-20)15(19-16(10)13)12-5-1-2-7-14(12)18/h1-8,20H,9H2. The maximum Gasteiger partial charge on any atom is 0.132 e. The fourth-order valence-corrected chi connectivity index (χ4v) is 2.44. The van der Waals surface area contributed by atoms with Gasteiger partial charge in [0.05, 0.1) is 22.8 Å². The topological polar surface area (TPSA) is 33.1 Å². The smallest absolute Gasteiger partial charge is 0.132 e. The van der Waals surface area contributed by atoms with Crippen molar-refractivity contribution in [3.8, 4) is 11.3 Å². The summed E-state index contributed by atoms with van der Waals surface area (Å²) in [6, 6.07) is 13.6. The number of aromatic nitrogens is 1. The number of nitrogens with zero attached hydrogens (tertiary/aromatic N) is 1. The zero-order valence-corrected chi connectivity index (χ0v) is 11.2. The molecule has 0 aliphatic carbocycles. The second kappa shape index (κ2) is 5.19. The molecule has 4 heteroatoms. The van der Waals surface area contributed by atoms with E-state index in [-0.39, 0.29) is 12.4 Å². The molecule has 3 aromatic rings. The van der Waals surface area contributed by atoms with Crippen LogP contribution in [0, 0.1) is 5.82 Å². The summed E-state index contributed by atoms with van der Waals surface area (Å²) in [6.07, 6.45) is 0. The molecule has 0 spiro atoms. The van der Waals surface area contributed by atoms with Gasteiger partial charge in [0, 0.05) is 16.5 Å². The first kappa shape index (κ1) is 13.0. The Balaban J connectivity index is 2.34. The van der Waals surface area contributed by atoms with Crippen LogP contribution in [0.25, 0.3) is 22.2 Å². The molecule has 0 amide bonds. The molecular weight excluding hydrogens is 277 g/mol. The SMILES string of the molecule is OCc1cc2cccc(Cl)c2nc1-c1ccccc1F. The number of rotatable bonds is 2. The van der Waals surface area contributed by atoms with Gasteiger partial charge in [-0.3, -0.25) is 0 Å². The van der Waals surface area contributed by atoms with E-state index in [0.29, 0.717) is 27.4 Å². The molecule has 2 aromatic carbocycles. The summed E-state index contributed by atoms with van der Waals surface area (Å²) in [5.74, 6) is -0.374. The minimum atomic E-state index is -0.374. The highest BCUT2D eigenvalue weighted by Crippen LogP contribution is 2.30. The predicted octanol–water partition coefficient (Wildman–Crippen LogP) is 4.19. The lowest BCUT2D eigenvalue weighted by atomic mass is 10.0. The van der Waals surface area contributed by atoms with Crippen molar-refractivity contribution in [2.45, 2.75) is 6.61 Å². The third kappa shape index (κ3) is 2.15. The van der Waals surface area contributed by atoms with Crippen LogP contribution in [-0.4, -0.2) is 10.1 Å². The Bertz CT molecular complexity index is 789. The molecule has 0 saturated carbocycles. The number of para-hydroxylation sites is 1. The molecule has 0 radical (unpaired) electrons. The maximum atomic E-state index is 13.9. The van der Waals surface area contributed by atoms with Gasteiger partial charge in [0.15, 0.2) is 0 Å². The Kier molecular flexibility index (Phi) is 3.38. The molecule has 0 aliphatic rings. The molecule has 2 nitrogen and oxygen atoms in total. The van der Waals surface area contributed by atoms with Gasteiger partial charge >= 0.3 is 0 Å². The van der Waals surface area contributed by atoms with Crippen molar-refractivity contribution >= 4 is 22.5 Å². The van der Waals surface area contributed by atoms with Crippen molar-refractivity contribution in [2.24, 2.45) is 0 Å². The Morgan fingerprint density at radius 2 is 1.90 bits per heavy atom. The van der Waals surface area contributed by atoms with E-state index < -0.39 is 0 Å². The molecule has 3 rings (SSSR count). The number of benzene rings is 2. The van der Waals surface area contributed by atoms with Crippen LogP contribution in [0.3, 0.4) is 0 Å². The molecule has 20 heavy (non-hydrogen) atoms. The lowest BCUT2D eigenvalue weighted by Gasteiger charge is -2.10. The lowest BCUT2D eigenvalue weighted by molar-refractivity contribution is 0.282. The van der Waals surface area contributed by atoms with Gasteiger partial charge < -0.3 is 5.11 Å². The number of pyridine rings is 1.